The summed E-state index contributed by atoms with van der Waals surface area (Å²) in [5.41, 5.74) is 8.38. The molecule has 5 nitrogen and oxygen atoms in total. The second-order valence-corrected chi connectivity index (χ2v) is 5.12. The van der Waals surface area contributed by atoms with Crippen molar-refractivity contribution in [3.8, 4) is 5.75 Å². The zero-order valence-corrected chi connectivity index (χ0v) is 13.2. The Morgan fingerprint density at radius 2 is 1.95 bits per heavy atom. The van der Waals surface area contributed by atoms with Gasteiger partial charge in [0, 0.05) is 5.69 Å². The van der Waals surface area contributed by atoms with Crippen LogP contribution in [0.2, 0.25) is 0 Å². The summed E-state index contributed by atoms with van der Waals surface area (Å²) in [5, 5.41) is 3.19. The van der Waals surface area contributed by atoms with E-state index in [9.17, 15) is 4.79 Å². The van der Waals surface area contributed by atoms with Gasteiger partial charge in [-0.15, -0.1) is 0 Å². The standard InChI is InChI=1S/C15H15BrN2O3/c1-20-14-6-4-10(8-11(14)16)18-13-5-3-9(7-12(13)17)15(19)21-2/h3-8,18H,17H2,1-2H3. The van der Waals surface area contributed by atoms with Gasteiger partial charge in [0.2, 0.25) is 0 Å². The molecule has 0 amide bonds. The van der Waals surface area contributed by atoms with Crippen LogP contribution in [-0.4, -0.2) is 20.2 Å². The van der Waals surface area contributed by atoms with Gasteiger partial charge in [-0.25, -0.2) is 4.79 Å². The first-order valence-corrected chi connectivity index (χ1v) is 6.93. The lowest BCUT2D eigenvalue weighted by Crippen LogP contribution is -2.04. The lowest BCUT2D eigenvalue weighted by atomic mass is 10.1. The molecule has 3 N–H and O–H groups in total. The van der Waals surface area contributed by atoms with Crippen molar-refractivity contribution in [2.75, 3.05) is 25.3 Å². The third-order valence-electron chi connectivity index (χ3n) is 2.90. The number of nitrogens with one attached hydrogen (secondary N) is 1. The Bertz CT molecular complexity index is 674. The average molecular weight is 351 g/mol. The van der Waals surface area contributed by atoms with E-state index in [2.05, 4.69) is 26.0 Å². The smallest absolute Gasteiger partial charge is 0.337 e. The van der Waals surface area contributed by atoms with Crippen LogP contribution < -0.4 is 15.8 Å². The van der Waals surface area contributed by atoms with Gasteiger partial charge >= 0.3 is 5.97 Å². The fourth-order valence-electron chi connectivity index (χ4n) is 1.82. The molecule has 0 aromatic heterocycles. The summed E-state index contributed by atoms with van der Waals surface area (Å²) < 4.78 is 10.7. The molecule has 0 aliphatic carbocycles. The quantitative estimate of drug-likeness (QED) is 0.651. The number of benzene rings is 2. The third kappa shape index (κ3) is 3.46. The Kier molecular flexibility index (Phi) is 4.70. The highest BCUT2D eigenvalue weighted by Gasteiger charge is 2.09. The number of esters is 1. The molecule has 21 heavy (non-hydrogen) atoms. The van der Waals surface area contributed by atoms with Crippen LogP contribution in [0.5, 0.6) is 5.75 Å². The molecule has 0 saturated heterocycles. The van der Waals surface area contributed by atoms with Crippen LogP contribution in [-0.2, 0) is 4.74 Å². The lowest BCUT2D eigenvalue weighted by molar-refractivity contribution is 0.0601. The number of nitrogens with two attached hydrogens (primary N) is 1. The highest BCUT2D eigenvalue weighted by atomic mass is 79.9. The Labute approximate surface area is 131 Å². The molecule has 0 aliphatic heterocycles. The summed E-state index contributed by atoms with van der Waals surface area (Å²) in [7, 11) is 2.94. The van der Waals surface area contributed by atoms with Gasteiger partial charge in [0.05, 0.1) is 35.6 Å². The zero-order valence-electron chi connectivity index (χ0n) is 11.6. The van der Waals surface area contributed by atoms with Crippen LogP contribution in [0.1, 0.15) is 10.4 Å². The monoisotopic (exact) mass is 350 g/mol. The molecule has 110 valence electrons. The predicted molar refractivity (Wildman–Crippen MR) is 86.2 cm³/mol. The van der Waals surface area contributed by atoms with Crippen molar-refractivity contribution in [3.63, 3.8) is 0 Å². The second kappa shape index (κ2) is 6.49. The van der Waals surface area contributed by atoms with E-state index in [-0.39, 0.29) is 0 Å². The number of carbonyl (C=O) groups excluding carboxylic acids is 1. The Balaban J connectivity index is 2.24. The number of hydrogen-bond acceptors (Lipinski definition) is 5. The summed E-state index contributed by atoms with van der Waals surface area (Å²) in [5.74, 6) is 0.329. The van der Waals surface area contributed by atoms with E-state index in [1.54, 1.807) is 25.3 Å². The highest BCUT2D eigenvalue weighted by molar-refractivity contribution is 9.10. The van der Waals surface area contributed by atoms with Crippen LogP contribution in [0.3, 0.4) is 0 Å². The van der Waals surface area contributed by atoms with Crippen molar-refractivity contribution < 1.29 is 14.3 Å². The van der Waals surface area contributed by atoms with Crippen molar-refractivity contribution in [3.05, 3.63) is 46.4 Å². The number of rotatable bonds is 4. The van der Waals surface area contributed by atoms with E-state index < -0.39 is 5.97 Å². The molecule has 0 fully saturated rings. The maximum absolute atomic E-state index is 11.4. The number of halogens is 1. The summed E-state index contributed by atoms with van der Waals surface area (Å²) in [6.45, 7) is 0. The van der Waals surface area contributed by atoms with Crippen LogP contribution in [0.25, 0.3) is 0 Å². The third-order valence-corrected chi connectivity index (χ3v) is 3.52. The van der Waals surface area contributed by atoms with E-state index >= 15 is 0 Å². The summed E-state index contributed by atoms with van der Waals surface area (Å²) in [6, 6.07) is 10.6. The van der Waals surface area contributed by atoms with Gasteiger partial charge in [-0.2, -0.15) is 0 Å². The van der Waals surface area contributed by atoms with Crippen molar-refractivity contribution in [2.45, 2.75) is 0 Å². The van der Waals surface area contributed by atoms with Crippen molar-refractivity contribution in [1.29, 1.82) is 0 Å². The maximum atomic E-state index is 11.4. The van der Waals surface area contributed by atoms with E-state index in [4.69, 9.17) is 10.5 Å². The molecule has 6 heteroatoms. The van der Waals surface area contributed by atoms with Crippen LogP contribution in [0.15, 0.2) is 40.9 Å². The number of ether oxygens (including phenoxy) is 2. The summed E-state index contributed by atoms with van der Waals surface area (Å²) >= 11 is 3.42. The maximum Gasteiger partial charge on any atom is 0.337 e. The van der Waals surface area contributed by atoms with Gasteiger partial charge in [0.15, 0.2) is 0 Å². The first-order valence-electron chi connectivity index (χ1n) is 6.13. The van der Waals surface area contributed by atoms with Gasteiger partial charge in [0.25, 0.3) is 0 Å². The molecule has 0 heterocycles. The van der Waals surface area contributed by atoms with Crippen LogP contribution in [0, 0.1) is 0 Å². The highest BCUT2D eigenvalue weighted by Crippen LogP contribution is 2.31. The van der Waals surface area contributed by atoms with Crippen molar-refractivity contribution in [2.24, 2.45) is 0 Å². The molecule has 0 aliphatic rings. The normalized spacial score (nSPS) is 10.0. The Hall–Kier alpha value is -2.21. The zero-order chi connectivity index (χ0) is 15.4. The van der Waals surface area contributed by atoms with Gasteiger partial charge in [-0.1, -0.05) is 0 Å². The average Bonchev–Trinajstić information content (AvgIpc) is 2.48. The minimum absolute atomic E-state index is 0.413. The van der Waals surface area contributed by atoms with E-state index in [1.165, 1.54) is 7.11 Å². The van der Waals surface area contributed by atoms with Crippen LogP contribution >= 0.6 is 15.9 Å². The van der Waals surface area contributed by atoms with Gasteiger partial charge < -0.3 is 20.5 Å². The number of nitrogen functional groups attached to an aromatic ring is 1. The molecule has 0 radical (unpaired) electrons. The van der Waals surface area contributed by atoms with Crippen LogP contribution in [0.4, 0.5) is 17.1 Å². The van der Waals surface area contributed by atoms with E-state index in [1.807, 2.05) is 18.2 Å². The Morgan fingerprint density at radius 1 is 1.19 bits per heavy atom. The number of carbonyl (C=O) groups is 1. The molecule has 2 rings (SSSR count). The minimum atomic E-state index is -0.416. The molecule has 0 bridgehead atoms. The molecule has 0 spiro atoms. The molecule has 0 atom stereocenters. The fraction of sp³-hybridized carbons (Fsp3) is 0.133. The Morgan fingerprint density at radius 3 is 2.52 bits per heavy atom. The van der Waals surface area contributed by atoms with Gasteiger partial charge in [0.1, 0.15) is 5.75 Å². The van der Waals surface area contributed by atoms with E-state index in [0.717, 1.165) is 15.9 Å². The van der Waals surface area contributed by atoms with Gasteiger partial charge in [-0.3, -0.25) is 0 Å². The first kappa shape index (κ1) is 15.2. The topological polar surface area (TPSA) is 73.6 Å². The minimum Gasteiger partial charge on any atom is -0.496 e. The van der Waals surface area contributed by atoms with Gasteiger partial charge in [-0.05, 0) is 52.3 Å². The SMILES string of the molecule is COC(=O)c1ccc(Nc2ccc(OC)c(Br)c2)c(N)c1. The summed E-state index contributed by atoms with van der Waals surface area (Å²) in [4.78, 5) is 11.4. The largest absolute Gasteiger partial charge is 0.496 e. The molecule has 0 saturated carbocycles. The molecule has 2 aromatic rings. The number of hydrogen-bond donors (Lipinski definition) is 2. The lowest BCUT2D eigenvalue weighted by Gasteiger charge is -2.12. The second-order valence-electron chi connectivity index (χ2n) is 4.27. The first-order chi connectivity index (χ1) is 10.0. The van der Waals surface area contributed by atoms with E-state index in [0.29, 0.717) is 16.9 Å². The molecule has 0 unspecified atom stereocenters. The summed E-state index contributed by atoms with van der Waals surface area (Å²) in [6.07, 6.45) is 0. The molecule has 2 aromatic carbocycles. The number of methoxy groups -OCH3 is 2. The fourth-order valence-corrected chi connectivity index (χ4v) is 2.36. The molecular weight excluding hydrogens is 336 g/mol. The molecular formula is C15H15BrN2O3. The van der Waals surface area contributed by atoms with Crippen molar-refractivity contribution >= 4 is 39.0 Å². The predicted octanol–water partition coefficient (Wildman–Crippen LogP) is 3.57. The van der Waals surface area contributed by atoms with Crippen molar-refractivity contribution in [1.82, 2.24) is 0 Å². The number of anilines is 3.